The lowest BCUT2D eigenvalue weighted by Crippen LogP contribution is -2.29. The number of carbonyl (C=O) groups is 2. The highest BCUT2D eigenvalue weighted by Crippen LogP contribution is 2.13. The molecule has 0 aliphatic carbocycles. The van der Waals surface area contributed by atoms with Gasteiger partial charge >= 0.3 is 5.97 Å². The number of nitrogens with one attached hydrogen (secondary N) is 1. The number of amides is 1. The van der Waals surface area contributed by atoms with Gasteiger partial charge in [0.05, 0.1) is 0 Å². The van der Waals surface area contributed by atoms with E-state index < -0.39 is 5.97 Å². The second-order valence-corrected chi connectivity index (χ2v) is 4.68. The Morgan fingerprint density at radius 2 is 2.00 bits per heavy atom. The number of rotatable bonds is 7. The summed E-state index contributed by atoms with van der Waals surface area (Å²) in [6.07, 6.45) is 4.57. The third kappa shape index (κ3) is 5.12. The van der Waals surface area contributed by atoms with Gasteiger partial charge in [0.1, 0.15) is 6.54 Å². The number of aliphatic carboxylic acids is 1. The summed E-state index contributed by atoms with van der Waals surface area (Å²) < 4.78 is 0. The van der Waals surface area contributed by atoms with Crippen LogP contribution in [0.1, 0.15) is 47.7 Å². The molecule has 104 valence electrons. The van der Waals surface area contributed by atoms with Crippen molar-refractivity contribution in [3.63, 3.8) is 0 Å². The molecule has 1 aromatic rings. The first kappa shape index (κ1) is 15.2. The van der Waals surface area contributed by atoms with E-state index in [-0.39, 0.29) is 12.5 Å². The highest BCUT2D eigenvalue weighted by atomic mass is 16.4. The Bertz CT molecular complexity index is 455. The van der Waals surface area contributed by atoms with Crippen molar-refractivity contribution >= 4 is 11.9 Å². The monoisotopic (exact) mass is 263 g/mol. The van der Waals surface area contributed by atoms with Gasteiger partial charge in [-0.1, -0.05) is 31.9 Å². The van der Waals surface area contributed by atoms with E-state index in [9.17, 15) is 9.59 Å². The maximum absolute atomic E-state index is 11.8. The predicted molar refractivity (Wildman–Crippen MR) is 74.4 cm³/mol. The number of carbonyl (C=O) groups excluding carboxylic acids is 1. The average Bonchev–Trinajstić information content (AvgIpc) is 2.36. The van der Waals surface area contributed by atoms with Gasteiger partial charge in [-0.15, -0.1) is 0 Å². The standard InChI is InChI=1S/C15H21NO3/c1-3-4-5-6-12-7-8-13(11(2)9-12)15(19)16-10-14(17)18/h7-9H,3-6,10H2,1-2H3,(H,16,19)(H,17,18). The van der Waals surface area contributed by atoms with Crippen molar-refractivity contribution in [2.24, 2.45) is 0 Å². The zero-order valence-electron chi connectivity index (χ0n) is 11.5. The lowest BCUT2D eigenvalue weighted by molar-refractivity contribution is -0.135. The quantitative estimate of drug-likeness (QED) is 0.743. The Morgan fingerprint density at radius 1 is 1.26 bits per heavy atom. The zero-order chi connectivity index (χ0) is 14.3. The van der Waals surface area contributed by atoms with Crippen molar-refractivity contribution in [3.8, 4) is 0 Å². The normalized spacial score (nSPS) is 10.2. The van der Waals surface area contributed by atoms with Crippen LogP contribution in [0.5, 0.6) is 0 Å². The molecule has 0 fully saturated rings. The fourth-order valence-corrected chi connectivity index (χ4v) is 1.97. The zero-order valence-corrected chi connectivity index (χ0v) is 11.5. The molecule has 2 N–H and O–H groups in total. The Morgan fingerprint density at radius 3 is 2.58 bits per heavy atom. The molecule has 1 rings (SSSR count). The van der Waals surface area contributed by atoms with Crippen LogP contribution >= 0.6 is 0 Å². The molecule has 0 bridgehead atoms. The molecule has 0 aliphatic rings. The highest BCUT2D eigenvalue weighted by Gasteiger charge is 2.10. The fourth-order valence-electron chi connectivity index (χ4n) is 1.97. The number of benzene rings is 1. The first-order valence-electron chi connectivity index (χ1n) is 6.64. The minimum Gasteiger partial charge on any atom is -0.480 e. The summed E-state index contributed by atoms with van der Waals surface area (Å²) in [4.78, 5) is 22.2. The molecule has 0 aliphatic heterocycles. The lowest BCUT2D eigenvalue weighted by atomic mass is 10.0. The topological polar surface area (TPSA) is 66.4 Å². The molecule has 0 saturated heterocycles. The van der Waals surface area contributed by atoms with Gasteiger partial charge in [0.25, 0.3) is 5.91 Å². The summed E-state index contributed by atoms with van der Waals surface area (Å²) in [5.74, 6) is -1.37. The SMILES string of the molecule is CCCCCc1ccc(C(=O)NCC(=O)O)c(C)c1. The van der Waals surface area contributed by atoms with Crippen LogP contribution in [0.15, 0.2) is 18.2 Å². The number of carboxylic acids is 1. The Kier molecular flexibility index (Phi) is 6.06. The van der Waals surface area contributed by atoms with Gasteiger partial charge in [-0.3, -0.25) is 9.59 Å². The molecular formula is C15H21NO3. The largest absolute Gasteiger partial charge is 0.480 e. The number of unbranched alkanes of at least 4 members (excludes halogenated alkanes) is 2. The molecule has 0 atom stereocenters. The van der Waals surface area contributed by atoms with Crippen LogP contribution in [0.4, 0.5) is 0 Å². The smallest absolute Gasteiger partial charge is 0.322 e. The van der Waals surface area contributed by atoms with Crippen LogP contribution in [-0.4, -0.2) is 23.5 Å². The van der Waals surface area contributed by atoms with Gasteiger partial charge in [-0.2, -0.15) is 0 Å². The Labute approximate surface area is 113 Å². The molecule has 4 nitrogen and oxygen atoms in total. The van der Waals surface area contributed by atoms with E-state index in [1.165, 1.54) is 18.4 Å². The first-order valence-corrected chi connectivity index (χ1v) is 6.64. The van der Waals surface area contributed by atoms with Crippen molar-refractivity contribution in [2.75, 3.05) is 6.54 Å². The highest BCUT2D eigenvalue weighted by molar-refractivity contribution is 5.97. The number of hydrogen-bond donors (Lipinski definition) is 2. The van der Waals surface area contributed by atoms with Crippen LogP contribution < -0.4 is 5.32 Å². The Balaban J connectivity index is 2.65. The van der Waals surface area contributed by atoms with E-state index >= 15 is 0 Å². The summed E-state index contributed by atoms with van der Waals surface area (Å²) in [5.41, 5.74) is 2.65. The van der Waals surface area contributed by atoms with Gasteiger partial charge in [0.15, 0.2) is 0 Å². The van der Waals surface area contributed by atoms with Gasteiger partial charge in [0, 0.05) is 5.56 Å². The molecule has 0 radical (unpaired) electrons. The second-order valence-electron chi connectivity index (χ2n) is 4.68. The van der Waals surface area contributed by atoms with Crippen LogP contribution in [-0.2, 0) is 11.2 Å². The maximum Gasteiger partial charge on any atom is 0.322 e. The molecule has 19 heavy (non-hydrogen) atoms. The molecule has 0 aromatic heterocycles. The summed E-state index contributed by atoms with van der Waals surface area (Å²) in [6.45, 7) is 3.69. The van der Waals surface area contributed by atoms with Crippen molar-refractivity contribution in [1.29, 1.82) is 0 Å². The van der Waals surface area contributed by atoms with Gasteiger partial charge in [-0.25, -0.2) is 0 Å². The average molecular weight is 263 g/mol. The summed E-state index contributed by atoms with van der Waals surface area (Å²) >= 11 is 0. The van der Waals surface area contributed by atoms with Crippen molar-refractivity contribution in [2.45, 2.75) is 39.5 Å². The van der Waals surface area contributed by atoms with E-state index in [1.54, 1.807) is 6.07 Å². The van der Waals surface area contributed by atoms with E-state index in [1.807, 2.05) is 19.1 Å². The predicted octanol–water partition coefficient (Wildman–Crippen LogP) is 2.54. The molecule has 1 aromatic carbocycles. The molecule has 4 heteroatoms. The molecule has 0 saturated carbocycles. The van der Waals surface area contributed by atoms with Gasteiger partial charge < -0.3 is 10.4 Å². The van der Waals surface area contributed by atoms with E-state index in [0.717, 1.165) is 18.4 Å². The van der Waals surface area contributed by atoms with Crippen LogP contribution in [0.2, 0.25) is 0 Å². The molecule has 0 unspecified atom stereocenters. The van der Waals surface area contributed by atoms with Crippen molar-refractivity contribution in [1.82, 2.24) is 5.32 Å². The van der Waals surface area contributed by atoms with E-state index in [4.69, 9.17) is 5.11 Å². The number of aryl methyl sites for hydroxylation is 2. The number of carboxylic acid groups (broad SMARTS) is 1. The van der Waals surface area contributed by atoms with Gasteiger partial charge in [-0.05, 0) is 37.0 Å². The lowest BCUT2D eigenvalue weighted by Gasteiger charge is -2.08. The molecule has 1 amide bonds. The van der Waals surface area contributed by atoms with E-state index in [0.29, 0.717) is 5.56 Å². The third-order valence-electron chi connectivity index (χ3n) is 3.00. The summed E-state index contributed by atoms with van der Waals surface area (Å²) in [6, 6.07) is 5.72. The minimum absolute atomic E-state index is 0.333. The van der Waals surface area contributed by atoms with Crippen LogP contribution in [0.25, 0.3) is 0 Å². The molecular weight excluding hydrogens is 242 g/mol. The van der Waals surface area contributed by atoms with Crippen LogP contribution in [0.3, 0.4) is 0 Å². The maximum atomic E-state index is 11.8. The minimum atomic E-state index is -1.04. The van der Waals surface area contributed by atoms with E-state index in [2.05, 4.69) is 12.2 Å². The molecule has 0 spiro atoms. The fraction of sp³-hybridized carbons (Fsp3) is 0.467. The summed E-state index contributed by atoms with van der Waals surface area (Å²) in [7, 11) is 0. The van der Waals surface area contributed by atoms with Crippen molar-refractivity contribution < 1.29 is 14.7 Å². The van der Waals surface area contributed by atoms with Crippen LogP contribution in [0, 0.1) is 6.92 Å². The van der Waals surface area contributed by atoms with Gasteiger partial charge in [0.2, 0.25) is 0 Å². The van der Waals surface area contributed by atoms with Crippen molar-refractivity contribution in [3.05, 3.63) is 34.9 Å². The third-order valence-corrected chi connectivity index (χ3v) is 3.00. The first-order chi connectivity index (χ1) is 9.04. The second kappa shape index (κ2) is 7.56. The Hall–Kier alpha value is -1.84. The summed E-state index contributed by atoms with van der Waals surface area (Å²) in [5, 5.41) is 10.9. The molecule has 0 heterocycles. The number of hydrogen-bond acceptors (Lipinski definition) is 2.